The lowest BCUT2D eigenvalue weighted by Crippen LogP contribution is -2.24. The van der Waals surface area contributed by atoms with Crippen molar-refractivity contribution in [3.05, 3.63) is 102 Å². The maximum Gasteiger partial charge on any atom is 0.249 e. The van der Waals surface area contributed by atoms with Crippen LogP contribution in [0.15, 0.2) is 96.1 Å². The standard InChI is InChI=1S/C29H27N3O4/c1-2-35-27-17-21(19-30-32-29(34)18-28(33)31-24-12-4-3-5-13-24)15-16-26(27)36-20-23-11-8-10-22-9-6-7-14-25(22)23/h3-17,19H,2,18,20H2,1H3,(H,31,33)(H,32,34). The number of ether oxygens (including phenoxy) is 2. The predicted octanol–water partition coefficient (Wildman–Crippen LogP) is 5.30. The second-order valence-corrected chi connectivity index (χ2v) is 7.95. The average molecular weight is 482 g/mol. The fraction of sp³-hybridized carbons (Fsp3) is 0.138. The van der Waals surface area contributed by atoms with E-state index in [1.807, 2.05) is 49.4 Å². The number of hydrazone groups is 1. The quantitative estimate of drug-likeness (QED) is 0.183. The first-order valence-corrected chi connectivity index (χ1v) is 11.7. The van der Waals surface area contributed by atoms with Gasteiger partial charge in [-0.15, -0.1) is 0 Å². The minimum absolute atomic E-state index is 0.336. The number of fused-ring (bicyclic) bond motifs is 1. The van der Waals surface area contributed by atoms with E-state index in [0.717, 1.165) is 16.3 Å². The first kappa shape index (κ1) is 24.5. The van der Waals surface area contributed by atoms with Gasteiger partial charge in [0.2, 0.25) is 11.8 Å². The Kier molecular flexibility index (Phi) is 8.27. The molecule has 2 amide bonds. The second-order valence-electron chi connectivity index (χ2n) is 7.95. The summed E-state index contributed by atoms with van der Waals surface area (Å²) in [5.41, 5.74) is 4.80. The predicted molar refractivity (Wildman–Crippen MR) is 141 cm³/mol. The van der Waals surface area contributed by atoms with Crippen molar-refractivity contribution in [3.8, 4) is 11.5 Å². The van der Waals surface area contributed by atoms with Crippen molar-refractivity contribution < 1.29 is 19.1 Å². The van der Waals surface area contributed by atoms with Crippen LogP contribution in [0.2, 0.25) is 0 Å². The number of nitrogens with zero attached hydrogens (tertiary/aromatic N) is 1. The highest BCUT2D eigenvalue weighted by atomic mass is 16.5. The van der Waals surface area contributed by atoms with E-state index in [1.165, 1.54) is 6.21 Å². The van der Waals surface area contributed by atoms with Crippen molar-refractivity contribution in [1.29, 1.82) is 0 Å². The van der Waals surface area contributed by atoms with Gasteiger partial charge in [-0.2, -0.15) is 5.10 Å². The second kappa shape index (κ2) is 12.2. The maximum atomic E-state index is 12.0. The van der Waals surface area contributed by atoms with Crippen LogP contribution in [-0.2, 0) is 16.2 Å². The van der Waals surface area contributed by atoms with Crippen LogP contribution in [0.25, 0.3) is 10.8 Å². The molecule has 0 radical (unpaired) electrons. The van der Waals surface area contributed by atoms with E-state index < -0.39 is 11.8 Å². The number of para-hydroxylation sites is 1. The molecular weight excluding hydrogens is 454 g/mol. The molecule has 7 heteroatoms. The highest BCUT2D eigenvalue weighted by Gasteiger charge is 2.10. The third-order valence-corrected chi connectivity index (χ3v) is 5.31. The summed E-state index contributed by atoms with van der Waals surface area (Å²) >= 11 is 0. The third kappa shape index (κ3) is 6.70. The molecule has 182 valence electrons. The Labute approximate surface area is 209 Å². The van der Waals surface area contributed by atoms with Gasteiger partial charge in [-0.3, -0.25) is 9.59 Å². The van der Waals surface area contributed by atoms with Crippen molar-refractivity contribution in [2.75, 3.05) is 11.9 Å². The SMILES string of the molecule is CCOc1cc(C=NNC(=O)CC(=O)Nc2ccccc2)ccc1OCc1cccc2ccccc12. The molecule has 0 aromatic heterocycles. The summed E-state index contributed by atoms with van der Waals surface area (Å²) in [6.45, 7) is 2.77. The third-order valence-electron chi connectivity index (χ3n) is 5.31. The van der Waals surface area contributed by atoms with Gasteiger partial charge in [0.25, 0.3) is 0 Å². The molecule has 0 fully saturated rings. The Morgan fingerprint density at radius 3 is 2.44 bits per heavy atom. The molecule has 0 saturated carbocycles. The van der Waals surface area contributed by atoms with Crippen molar-refractivity contribution >= 4 is 34.5 Å². The Hall–Kier alpha value is -4.65. The number of nitrogens with one attached hydrogen (secondary N) is 2. The average Bonchev–Trinajstić information content (AvgIpc) is 2.89. The zero-order valence-corrected chi connectivity index (χ0v) is 19.9. The van der Waals surface area contributed by atoms with E-state index in [-0.39, 0.29) is 6.42 Å². The molecule has 0 unspecified atom stereocenters. The number of benzene rings is 4. The van der Waals surface area contributed by atoms with Crippen molar-refractivity contribution in [1.82, 2.24) is 5.43 Å². The Balaban J connectivity index is 1.35. The molecule has 0 aliphatic rings. The Morgan fingerprint density at radius 2 is 1.61 bits per heavy atom. The maximum absolute atomic E-state index is 12.0. The van der Waals surface area contributed by atoms with Gasteiger partial charge in [-0.25, -0.2) is 5.43 Å². The number of anilines is 1. The van der Waals surface area contributed by atoms with Crippen LogP contribution in [0.5, 0.6) is 11.5 Å². The smallest absolute Gasteiger partial charge is 0.249 e. The fourth-order valence-corrected chi connectivity index (χ4v) is 3.66. The minimum Gasteiger partial charge on any atom is -0.490 e. The van der Waals surface area contributed by atoms with E-state index in [0.29, 0.717) is 36.0 Å². The van der Waals surface area contributed by atoms with Crippen LogP contribution in [0.4, 0.5) is 5.69 Å². The Bertz CT molecular complexity index is 1360. The molecule has 0 heterocycles. The molecule has 0 aliphatic heterocycles. The number of rotatable bonds is 10. The molecule has 0 atom stereocenters. The summed E-state index contributed by atoms with van der Waals surface area (Å²) < 4.78 is 11.9. The van der Waals surface area contributed by atoms with Crippen LogP contribution in [0, 0.1) is 0 Å². The summed E-state index contributed by atoms with van der Waals surface area (Å²) in [4.78, 5) is 24.0. The van der Waals surface area contributed by atoms with Gasteiger partial charge in [0.05, 0.1) is 12.8 Å². The van der Waals surface area contributed by atoms with E-state index in [1.54, 1.807) is 30.3 Å². The molecule has 0 bridgehead atoms. The molecule has 0 aliphatic carbocycles. The van der Waals surface area contributed by atoms with E-state index in [2.05, 4.69) is 34.0 Å². The fourth-order valence-electron chi connectivity index (χ4n) is 3.66. The summed E-state index contributed by atoms with van der Waals surface area (Å²) in [5, 5.41) is 8.93. The molecule has 0 saturated heterocycles. The molecule has 4 aromatic rings. The van der Waals surface area contributed by atoms with Gasteiger partial charge in [0.1, 0.15) is 13.0 Å². The van der Waals surface area contributed by atoms with Crippen LogP contribution in [-0.4, -0.2) is 24.6 Å². The Morgan fingerprint density at radius 1 is 0.833 bits per heavy atom. The van der Waals surface area contributed by atoms with Crippen molar-refractivity contribution in [2.45, 2.75) is 20.0 Å². The number of carbonyl (C=O) groups is 2. The van der Waals surface area contributed by atoms with Crippen LogP contribution in [0.3, 0.4) is 0 Å². The topological polar surface area (TPSA) is 89.0 Å². The van der Waals surface area contributed by atoms with Gasteiger partial charge in [-0.1, -0.05) is 60.7 Å². The molecular formula is C29H27N3O4. The van der Waals surface area contributed by atoms with E-state index in [9.17, 15) is 9.59 Å². The number of amides is 2. The molecule has 2 N–H and O–H groups in total. The lowest BCUT2D eigenvalue weighted by molar-refractivity contribution is -0.126. The van der Waals surface area contributed by atoms with Gasteiger partial charge in [-0.05, 0) is 59.2 Å². The van der Waals surface area contributed by atoms with E-state index in [4.69, 9.17) is 9.47 Å². The largest absolute Gasteiger partial charge is 0.490 e. The highest BCUT2D eigenvalue weighted by molar-refractivity contribution is 6.03. The van der Waals surface area contributed by atoms with Crippen LogP contribution >= 0.6 is 0 Å². The number of hydrogen-bond donors (Lipinski definition) is 2. The molecule has 4 aromatic carbocycles. The number of hydrogen-bond acceptors (Lipinski definition) is 5. The molecule has 4 rings (SSSR count). The van der Waals surface area contributed by atoms with E-state index >= 15 is 0 Å². The van der Waals surface area contributed by atoms with Crippen molar-refractivity contribution in [2.24, 2.45) is 5.10 Å². The minimum atomic E-state index is -0.514. The zero-order chi connectivity index (χ0) is 25.2. The normalized spacial score (nSPS) is 10.8. The lowest BCUT2D eigenvalue weighted by atomic mass is 10.1. The summed E-state index contributed by atoms with van der Waals surface area (Å²) in [7, 11) is 0. The zero-order valence-electron chi connectivity index (χ0n) is 19.9. The first-order valence-electron chi connectivity index (χ1n) is 11.7. The van der Waals surface area contributed by atoms with Gasteiger partial charge >= 0.3 is 0 Å². The van der Waals surface area contributed by atoms with Crippen LogP contribution < -0.4 is 20.2 Å². The summed E-state index contributed by atoms with van der Waals surface area (Å²) in [6, 6.07) is 28.7. The van der Waals surface area contributed by atoms with Crippen LogP contribution in [0.1, 0.15) is 24.5 Å². The first-order chi connectivity index (χ1) is 17.6. The molecule has 0 spiro atoms. The molecule has 36 heavy (non-hydrogen) atoms. The lowest BCUT2D eigenvalue weighted by Gasteiger charge is -2.13. The van der Waals surface area contributed by atoms with Gasteiger partial charge in [0, 0.05) is 5.69 Å². The number of carbonyl (C=O) groups excluding carboxylic acids is 2. The highest BCUT2D eigenvalue weighted by Crippen LogP contribution is 2.30. The summed E-state index contributed by atoms with van der Waals surface area (Å²) in [5.74, 6) is 0.263. The van der Waals surface area contributed by atoms with Gasteiger partial charge < -0.3 is 14.8 Å². The monoisotopic (exact) mass is 481 g/mol. The van der Waals surface area contributed by atoms with Gasteiger partial charge in [0.15, 0.2) is 11.5 Å². The molecule has 7 nitrogen and oxygen atoms in total. The summed E-state index contributed by atoms with van der Waals surface area (Å²) in [6.07, 6.45) is 1.15. The van der Waals surface area contributed by atoms with Crippen molar-refractivity contribution in [3.63, 3.8) is 0 Å².